The summed E-state index contributed by atoms with van der Waals surface area (Å²) in [6.07, 6.45) is 3.88. The molecule has 0 radical (unpaired) electrons. The number of allylic oxidation sites excluding steroid dienone is 1. The van der Waals surface area contributed by atoms with E-state index in [0.29, 0.717) is 6.61 Å². The van der Waals surface area contributed by atoms with Gasteiger partial charge in [-0.2, -0.15) is 0 Å². The fourth-order valence-electron chi connectivity index (χ4n) is 2.89. The van der Waals surface area contributed by atoms with Gasteiger partial charge in [-0.05, 0) is 36.2 Å². The second-order valence-electron chi connectivity index (χ2n) is 6.29. The smallest absolute Gasteiger partial charge is 0.191 e. The van der Waals surface area contributed by atoms with E-state index in [0.717, 1.165) is 33.5 Å². The summed E-state index contributed by atoms with van der Waals surface area (Å²) in [6.45, 7) is 8.47. The van der Waals surface area contributed by atoms with Crippen LogP contribution >= 0.6 is 0 Å². The molecule has 0 bridgehead atoms. The van der Waals surface area contributed by atoms with E-state index in [2.05, 4.69) is 25.7 Å². The minimum absolute atomic E-state index is 0.0905. The van der Waals surface area contributed by atoms with Crippen LogP contribution in [0.4, 0.5) is 0 Å². The highest BCUT2D eigenvalue weighted by molar-refractivity contribution is 6.71. The van der Waals surface area contributed by atoms with E-state index in [1.54, 1.807) is 0 Å². The summed E-state index contributed by atoms with van der Waals surface area (Å²) in [5.41, 5.74) is 2.64. The molecule has 0 spiro atoms. The SMILES string of the molecule is C=CC[Si](C)(C)OCC1=Cc2cccc3cccc(c23)C1=O. The molecule has 2 aromatic rings. The van der Waals surface area contributed by atoms with Gasteiger partial charge in [-0.15, -0.1) is 6.58 Å². The first-order valence-corrected chi connectivity index (χ1v) is 10.7. The van der Waals surface area contributed by atoms with Crippen molar-refractivity contribution in [3.63, 3.8) is 0 Å². The molecule has 0 amide bonds. The van der Waals surface area contributed by atoms with Crippen LogP contribution in [0.25, 0.3) is 16.8 Å². The third-order valence-corrected chi connectivity index (χ3v) is 6.25. The molecule has 3 rings (SSSR count). The molecule has 0 aromatic heterocycles. The molecule has 22 heavy (non-hydrogen) atoms. The van der Waals surface area contributed by atoms with Gasteiger partial charge < -0.3 is 4.43 Å². The molecule has 1 aliphatic rings. The Labute approximate surface area is 132 Å². The Morgan fingerprint density at radius 2 is 1.91 bits per heavy atom. The number of hydrogen-bond acceptors (Lipinski definition) is 2. The van der Waals surface area contributed by atoms with Gasteiger partial charge in [0.2, 0.25) is 0 Å². The third-order valence-electron chi connectivity index (χ3n) is 4.06. The van der Waals surface area contributed by atoms with Gasteiger partial charge in [0.05, 0.1) is 6.61 Å². The van der Waals surface area contributed by atoms with Crippen LogP contribution in [0.2, 0.25) is 19.1 Å². The minimum atomic E-state index is -1.78. The van der Waals surface area contributed by atoms with Crippen molar-refractivity contribution in [1.29, 1.82) is 0 Å². The summed E-state index contributed by atoms with van der Waals surface area (Å²) in [5.74, 6) is 0.0905. The summed E-state index contributed by atoms with van der Waals surface area (Å²) in [4.78, 5) is 12.7. The van der Waals surface area contributed by atoms with Crippen LogP contribution in [-0.4, -0.2) is 20.7 Å². The Morgan fingerprint density at radius 1 is 1.18 bits per heavy atom. The zero-order valence-electron chi connectivity index (χ0n) is 13.1. The summed E-state index contributed by atoms with van der Waals surface area (Å²) in [7, 11) is -1.78. The topological polar surface area (TPSA) is 26.3 Å². The number of rotatable bonds is 5. The third kappa shape index (κ3) is 2.70. The number of Topliss-reactive ketones (excluding diaryl/α,β-unsaturated/α-hetero) is 1. The molecule has 0 N–H and O–H groups in total. The molecule has 1 aliphatic carbocycles. The number of hydrogen-bond donors (Lipinski definition) is 0. The molecule has 0 saturated heterocycles. The van der Waals surface area contributed by atoms with Gasteiger partial charge in [0, 0.05) is 16.5 Å². The average Bonchev–Trinajstić information content (AvgIpc) is 2.49. The molecule has 0 unspecified atom stereocenters. The second-order valence-corrected chi connectivity index (χ2v) is 10.5. The zero-order chi connectivity index (χ0) is 15.7. The summed E-state index contributed by atoms with van der Waals surface area (Å²) in [6, 6.07) is 12.9. The molecular formula is C19H20O2Si. The lowest BCUT2D eigenvalue weighted by molar-refractivity contribution is 0.102. The molecule has 2 nitrogen and oxygen atoms in total. The van der Waals surface area contributed by atoms with Crippen LogP contribution in [0.5, 0.6) is 0 Å². The van der Waals surface area contributed by atoms with Crippen LogP contribution in [0.1, 0.15) is 15.9 Å². The monoisotopic (exact) mass is 308 g/mol. The van der Waals surface area contributed by atoms with Crippen molar-refractivity contribution in [1.82, 2.24) is 0 Å². The molecule has 0 aliphatic heterocycles. The summed E-state index contributed by atoms with van der Waals surface area (Å²) >= 11 is 0. The van der Waals surface area contributed by atoms with E-state index < -0.39 is 8.32 Å². The van der Waals surface area contributed by atoms with Crippen molar-refractivity contribution < 1.29 is 9.22 Å². The van der Waals surface area contributed by atoms with Crippen LogP contribution in [0.15, 0.2) is 54.6 Å². The Morgan fingerprint density at radius 3 is 2.64 bits per heavy atom. The Bertz CT molecular complexity index is 782. The number of carbonyl (C=O) groups excluding carboxylic acids is 1. The van der Waals surface area contributed by atoms with Crippen LogP contribution < -0.4 is 0 Å². The summed E-state index contributed by atoms with van der Waals surface area (Å²) in [5, 5.41) is 2.17. The Kier molecular flexibility index (Phi) is 3.85. The normalized spacial score (nSPS) is 14.1. The molecular weight excluding hydrogens is 288 g/mol. The van der Waals surface area contributed by atoms with E-state index in [1.807, 2.05) is 42.5 Å². The highest BCUT2D eigenvalue weighted by Crippen LogP contribution is 2.31. The number of ketones is 1. The van der Waals surface area contributed by atoms with Crippen molar-refractivity contribution in [2.24, 2.45) is 0 Å². The fourth-order valence-corrected chi connectivity index (χ4v) is 4.25. The molecule has 0 fully saturated rings. The average molecular weight is 308 g/mol. The lowest BCUT2D eigenvalue weighted by Gasteiger charge is -2.23. The summed E-state index contributed by atoms with van der Waals surface area (Å²) < 4.78 is 6.07. The second kappa shape index (κ2) is 5.67. The van der Waals surface area contributed by atoms with Crippen molar-refractivity contribution in [2.75, 3.05) is 6.61 Å². The van der Waals surface area contributed by atoms with E-state index in [-0.39, 0.29) is 5.78 Å². The first kappa shape index (κ1) is 14.9. The maximum absolute atomic E-state index is 12.7. The predicted octanol–water partition coefficient (Wildman–Crippen LogP) is 4.83. The van der Waals surface area contributed by atoms with Crippen molar-refractivity contribution in [2.45, 2.75) is 19.1 Å². The lowest BCUT2D eigenvalue weighted by Crippen LogP contribution is -2.31. The van der Waals surface area contributed by atoms with E-state index in [9.17, 15) is 4.79 Å². The highest BCUT2D eigenvalue weighted by Gasteiger charge is 2.25. The van der Waals surface area contributed by atoms with E-state index in [1.165, 1.54) is 0 Å². The standard InChI is InChI=1S/C19H20O2Si/c1-4-11-22(2,3)21-13-16-12-15-9-5-7-14-8-6-10-17(18(14)15)19(16)20/h4-10,12H,1,11,13H2,2-3H3. The molecule has 3 heteroatoms. The van der Waals surface area contributed by atoms with Gasteiger partial charge in [-0.1, -0.05) is 42.5 Å². The predicted molar refractivity (Wildman–Crippen MR) is 94.7 cm³/mol. The van der Waals surface area contributed by atoms with Gasteiger partial charge in [0.15, 0.2) is 14.1 Å². The molecule has 0 atom stereocenters. The fraction of sp³-hybridized carbons (Fsp3) is 0.211. The first-order chi connectivity index (χ1) is 10.5. The van der Waals surface area contributed by atoms with Crippen molar-refractivity contribution in [3.8, 4) is 0 Å². The maximum Gasteiger partial charge on any atom is 0.191 e. The van der Waals surface area contributed by atoms with Crippen molar-refractivity contribution >= 4 is 30.9 Å². The van der Waals surface area contributed by atoms with E-state index >= 15 is 0 Å². The lowest BCUT2D eigenvalue weighted by atomic mass is 9.88. The van der Waals surface area contributed by atoms with Crippen LogP contribution in [-0.2, 0) is 4.43 Å². The minimum Gasteiger partial charge on any atom is -0.413 e. The largest absolute Gasteiger partial charge is 0.413 e. The Hall–Kier alpha value is -1.97. The van der Waals surface area contributed by atoms with Crippen molar-refractivity contribution in [3.05, 3.63) is 65.8 Å². The number of carbonyl (C=O) groups is 1. The highest BCUT2D eigenvalue weighted by atomic mass is 28.4. The molecule has 0 heterocycles. The first-order valence-electron chi connectivity index (χ1n) is 7.54. The van der Waals surface area contributed by atoms with Crippen LogP contribution in [0.3, 0.4) is 0 Å². The van der Waals surface area contributed by atoms with Crippen LogP contribution in [0, 0.1) is 0 Å². The van der Waals surface area contributed by atoms with Gasteiger partial charge >= 0.3 is 0 Å². The van der Waals surface area contributed by atoms with Gasteiger partial charge in [-0.3, -0.25) is 4.79 Å². The molecule has 112 valence electrons. The quantitative estimate of drug-likeness (QED) is 0.584. The van der Waals surface area contributed by atoms with Gasteiger partial charge in [-0.25, -0.2) is 0 Å². The Balaban J connectivity index is 1.95. The maximum atomic E-state index is 12.7. The molecule has 0 saturated carbocycles. The molecule has 2 aromatic carbocycles. The van der Waals surface area contributed by atoms with Gasteiger partial charge in [0.25, 0.3) is 0 Å². The van der Waals surface area contributed by atoms with Gasteiger partial charge in [0.1, 0.15) is 0 Å². The zero-order valence-corrected chi connectivity index (χ0v) is 14.1. The number of benzene rings is 2. The van der Waals surface area contributed by atoms with E-state index in [4.69, 9.17) is 4.43 Å².